The summed E-state index contributed by atoms with van der Waals surface area (Å²) in [4.78, 5) is 6.57. The minimum atomic E-state index is 0.491. The van der Waals surface area contributed by atoms with Gasteiger partial charge in [-0.15, -0.1) is 11.3 Å². The maximum Gasteiger partial charge on any atom is 0.110 e. The highest BCUT2D eigenvalue weighted by molar-refractivity contribution is 7.99. The van der Waals surface area contributed by atoms with Gasteiger partial charge < -0.3 is 5.32 Å². The molecule has 0 saturated carbocycles. The van der Waals surface area contributed by atoms with Crippen molar-refractivity contribution in [2.45, 2.75) is 58.0 Å². The lowest BCUT2D eigenvalue weighted by Gasteiger charge is -2.24. The Balaban J connectivity index is 1.83. The number of hydrogen-bond acceptors (Lipinski definition) is 4. The van der Waals surface area contributed by atoms with Crippen LogP contribution in [0.25, 0.3) is 0 Å². The van der Waals surface area contributed by atoms with Crippen LogP contribution in [-0.4, -0.2) is 22.5 Å². The first-order valence-electron chi connectivity index (χ1n) is 7.56. The molecule has 0 spiro atoms. The van der Waals surface area contributed by atoms with Crippen LogP contribution in [0.3, 0.4) is 0 Å². The first-order valence-corrected chi connectivity index (χ1v) is 9.53. The van der Waals surface area contributed by atoms with E-state index in [0.717, 1.165) is 5.92 Å². The van der Waals surface area contributed by atoms with Gasteiger partial charge in [0.2, 0.25) is 0 Å². The van der Waals surface area contributed by atoms with E-state index in [9.17, 15) is 0 Å². The number of fused-ring (bicyclic) bond motifs is 1. The first-order chi connectivity index (χ1) is 9.24. The van der Waals surface area contributed by atoms with Crippen LogP contribution >= 0.6 is 23.1 Å². The summed E-state index contributed by atoms with van der Waals surface area (Å²) >= 11 is 4.09. The molecule has 0 amide bonds. The van der Waals surface area contributed by atoms with E-state index in [-0.39, 0.29) is 0 Å². The van der Waals surface area contributed by atoms with Gasteiger partial charge in [-0.2, -0.15) is 11.8 Å². The highest BCUT2D eigenvalue weighted by Gasteiger charge is 2.30. The molecule has 1 aliphatic carbocycles. The maximum atomic E-state index is 5.00. The van der Waals surface area contributed by atoms with Gasteiger partial charge in [-0.05, 0) is 49.5 Å². The van der Waals surface area contributed by atoms with Crippen LogP contribution in [0.1, 0.15) is 54.7 Å². The van der Waals surface area contributed by atoms with E-state index in [1.165, 1.54) is 54.3 Å². The van der Waals surface area contributed by atoms with Crippen molar-refractivity contribution >= 4 is 23.1 Å². The van der Waals surface area contributed by atoms with Gasteiger partial charge in [0.05, 0.1) is 11.7 Å². The van der Waals surface area contributed by atoms with Gasteiger partial charge in [0.1, 0.15) is 5.01 Å². The van der Waals surface area contributed by atoms with Crippen LogP contribution < -0.4 is 5.32 Å². The van der Waals surface area contributed by atoms with Crippen LogP contribution in [0.15, 0.2) is 0 Å². The molecule has 1 N–H and O–H groups in total. The number of aromatic nitrogens is 1. The van der Waals surface area contributed by atoms with Crippen LogP contribution in [0, 0.1) is 5.92 Å². The number of aryl methyl sites for hydroxylation is 2. The van der Waals surface area contributed by atoms with E-state index >= 15 is 0 Å². The molecular formula is C15H24N2S2. The summed E-state index contributed by atoms with van der Waals surface area (Å²) in [5.74, 6) is 3.40. The summed E-state index contributed by atoms with van der Waals surface area (Å²) in [7, 11) is 0. The maximum absolute atomic E-state index is 5.00. The Bertz CT molecular complexity index is 398. The third kappa shape index (κ3) is 3.17. The Morgan fingerprint density at radius 3 is 2.79 bits per heavy atom. The molecule has 0 radical (unpaired) electrons. The molecule has 1 saturated heterocycles. The minimum Gasteiger partial charge on any atom is -0.305 e. The first kappa shape index (κ1) is 13.9. The predicted octanol–water partition coefficient (Wildman–Crippen LogP) is 3.81. The van der Waals surface area contributed by atoms with Crippen molar-refractivity contribution in [3.05, 3.63) is 15.6 Å². The Morgan fingerprint density at radius 2 is 2.11 bits per heavy atom. The fourth-order valence-corrected chi connectivity index (χ4v) is 5.69. The highest BCUT2D eigenvalue weighted by Crippen LogP contribution is 2.38. The van der Waals surface area contributed by atoms with Crippen molar-refractivity contribution in [3.63, 3.8) is 0 Å². The molecule has 2 atom stereocenters. The van der Waals surface area contributed by atoms with Gasteiger partial charge in [0.25, 0.3) is 0 Å². The Kier molecular flexibility index (Phi) is 4.50. The van der Waals surface area contributed by atoms with E-state index in [1.807, 2.05) is 11.3 Å². The molecule has 106 valence electrons. The van der Waals surface area contributed by atoms with E-state index in [1.54, 1.807) is 4.88 Å². The van der Waals surface area contributed by atoms with Gasteiger partial charge in [-0.3, -0.25) is 0 Å². The predicted molar refractivity (Wildman–Crippen MR) is 85.2 cm³/mol. The molecule has 4 heteroatoms. The van der Waals surface area contributed by atoms with Crippen molar-refractivity contribution in [1.82, 2.24) is 10.3 Å². The number of thiazole rings is 1. The largest absolute Gasteiger partial charge is 0.305 e. The fraction of sp³-hybridized carbons (Fsp3) is 0.800. The normalized spacial score (nSPS) is 24.7. The van der Waals surface area contributed by atoms with E-state index in [2.05, 4.69) is 30.9 Å². The summed E-state index contributed by atoms with van der Waals surface area (Å²) < 4.78 is 0. The zero-order chi connectivity index (χ0) is 13.2. The van der Waals surface area contributed by atoms with E-state index in [0.29, 0.717) is 12.1 Å². The molecule has 1 aromatic heterocycles. The summed E-state index contributed by atoms with van der Waals surface area (Å²) in [6, 6.07) is 1.03. The summed E-state index contributed by atoms with van der Waals surface area (Å²) in [6.45, 7) is 4.51. The standard InChI is InChI=1S/C15H24N2S2/c1-10(2)16-14(11-7-8-18-9-11)15-17-12-5-3-4-6-13(12)19-15/h10-11,14,16H,3-9H2,1-2H3. The average Bonchev–Trinajstić information content (AvgIpc) is 3.04. The second-order valence-electron chi connectivity index (χ2n) is 6.05. The summed E-state index contributed by atoms with van der Waals surface area (Å²) in [5.41, 5.74) is 1.41. The smallest absolute Gasteiger partial charge is 0.110 e. The Hall–Kier alpha value is -0.0600. The third-order valence-corrected chi connectivity index (χ3v) is 6.51. The minimum absolute atomic E-state index is 0.491. The molecule has 1 fully saturated rings. The molecule has 1 aromatic rings. The number of thioether (sulfide) groups is 1. The summed E-state index contributed by atoms with van der Waals surface area (Å²) in [6.07, 6.45) is 6.51. The number of hydrogen-bond donors (Lipinski definition) is 1. The fourth-order valence-electron chi connectivity index (χ4n) is 3.09. The molecule has 2 unspecified atom stereocenters. The molecule has 0 aromatic carbocycles. The van der Waals surface area contributed by atoms with Crippen molar-refractivity contribution in [2.75, 3.05) is 11.5 Å². The van der Waals surface area contributed by atoms with E-state index in [4.69, 9.17) is 4.98 Å². The van der Waals surface area contributed by atoms with Crippen LogP contribution in [-0.2, 0) is 12.8 Å². The monoisotopic (exact) mass is 296 g/mol. The SMILES string of the molecule is CC(C)NC(c1nc2c(s1)CCCC2)C1CCSC1. The Morgan fingerprint density at radius 1 is 1.26 bits per heavy atom. The molecule has 2 heterocycles. The van der Waals surface area contributed by atoms with E-state index < -0.39 is 0 Å². The molecule has 2 aliphatic rings. The quantitative estimate of drug-likeness (QED) is 0.914. The van der Waals surface area contributed by atoms with Gasteiger partial charge in [0, 0.05) is 10.9 Å². The van der Waals surface area contributed by atoms with Crippen molar-refractivity contribution < 1.29 is 0 Å². The molecule has 2 nitrogen and oxygen atoms in total. The number of nitrogens with one attached hydrogen (secondary N) is 1. The molecule has 3 rings (SSSR count). The van der Waals surface area contributed by atoms with Gasteiger partial charge >= 0.3 is 0 Å². The van der Waals surface area contributed by atoms with Crippen LogP contribution in [0.2, 0.25) is 0 Å². The van der Waals surface area contributed by atoms with Gasteiger partial charge in [0.15, 0.2) is 0 Å². The van der Waals surface area contributed by atoms with Crippen molar-refractivity contribution in [1.29, 1.82) is 0 Å². The molecule has 0 bridgehead atoms. The van der Waals surface area contributed by atoms with Gasteiger partial charge in [-0.25, -0.2) is 4.98 Å². The topological polar surface area (TPSA) is 24.9 Å². The van der Waals surface area contributed by atoms with Crippen LogP contribution in [0.5, 0.6) is 0 Å². The molecule has 1 aliphatic heterocycles. The van der Waals surface area contributed by atoms with Gasteiger partial charge in [-0.1, -0.05) is 13.8 Å². The lowest BCUT2D eigenvalue weighted by atomic mass is 9.98. The zero-order valence-electron chi connectivity index (χ0n) is 11.9. The lowest BCUT2D eigenvalue weighted by molar-refractivity contribution is 0.364. The lowest BCUT2D eigenvalue weighted by Crippen LogP contribution is -2.33. The number of nitrogens with zero attached hydrogens (tertiary/aromatic N) is 1. The molecule has 19 heavy (non-hydrogen) atoms. The third-order valence-electron chi connectivity index (χ3n) is 4.08. The molecular weight excluding hydrogens is 272 g/mol. The van der Waals surface area contributed by atoms with Crippen molar-refractivity contribution in [2.24, 2.45) is 5.92 Å². The second-order valence-corrected chi connectivity index (χ2v) is 8.32. The summed E-state index contributed by atoms with van der Waals surface area (Å²) in [5, 5.41) is 5.15. The highest BCUT2D eigenvalue weighted by atomic mass is 32.2. The number of rotatable bonds is 4. The average molecular weight is 297 g/mol. The zero-order valence-corrected chi connectivity index (χ0v) is 13.6. The van der Waals surface area contributed by atoms with Crippen molar-refractivity contribution in [3.8, 4) is 0 Å². The Labute approximate surface area is 124 Å². The van der Waals surface area contributed by atoms with Crippen LogP contribution in [0.4, 0.5) is 0 Å². The second kappa shape index (κ2) is 6.15.